The van der Waals surface area contributed by atoms with Crippen molar-refractivity contribution in [2.45, 2.75) is 0 Å². The Morgan fingerprint density at radius 3 is 2.80 bits per heavy atom. The Labute approximate surface area is 154 Å². The Hall–Kier alpha value is -2.65. The monoisotopic (exact) mass is 420 g/mol. The molecule has 0 unspecified atom stereocenters. The minimum atomic E-state index is -0.921. The third-order valence-electron chi connectivity index (χ3n) is 3.20. The molecule has 0 amide bonds. The molecule has 3 rings (SSSR count). The highest BCUT2D eigenvalue weighted by molar-refractivity contribution is 9.10. The van der Waals surface area contributed by atoms with Crippen LogP contribution in [0.4, 0.5) is 15.2 Å². The number of thiazole rings is 1. The van der Waals surface area contributed by atoms with E-state index >= 15 is 0 Å². The van der Waals surface area contributed by atoms with Gasteiger partial charge in [-0.2, -0.15) is 9.49 Å². The lowest BCUT2D eigenvalue weighted by molar-refractivity contribution is -0.387. The second kappa shape index (κ2) is 7.49. The molecule has 0 saturated carbocycles. The summed E-state index contributed by atoms with van der Waals surface area (Å²) in [6, 6.07) is 11.9. The number of halogens is 2. The largest absolute Gasteiger partial charge is 0.305 e. The maximum absolute atomic E-state index is 13.7. The molecule has 0 bridgehead atoms. The van der Waals surface area contributed by atoms with Gasteiger partial charge >= 0.3 is 5.69 Å². The lowest BCUT2D eigenvalue weighted by Crippen LogP contribution is -1.96. The maximum atomic E-state index is 13.7. The van der Waals surface area contributed by atoms with E-state index in [1.165, 1.54) is 17.6 Å². The van der Waals surface area contributed by atoms with E-state index in [9.17, 15) is 14.5 Å². The molecule has 3 aromatic rings. The van der Waals surface area contributed by atoms with Gasteiger partial charge in [0.2, 0.25) is 10.9 Å². The molecule has 126 valence electrons. The summed E-state index contributed by atoms with van der Waals surface area (Å²) in [6.07, 6.45) is 1.36. The van der Waals surface area contributed by atoms with Crippen LogP contribution in [0.15, 0.2) is 57.4 Å². The number of nitrogens with zero attached hydrogens (tertiary/aromatic N) is 3. The van der Waals surface area contributed by atoms with E-state index in [4.69, 9.17) is 0 Å². The fraction of sp³-hybridized carbons (Fsp3) is 0. The van der Waals surface area contributed by atoms with Crippen molar-refractivity contribution in [1.29, 1.82) is 0 Å². The number of rotatable bonds is 5. The van der Waals surface area contributed by atoms with Crippen LogP contribution in [-0.4, -0.2) is 16.1 Å². The summed E-state index contributed by atoms with van der Waals surface area (Å²) in [7, 11) is 0. The predicted octanol–water partition coefficient (Wildman–Crippen LogP) is 5.07. The van der Waals surface area contributed by atoms with Crippen LogP contribution < -0.4 is 5.43 Å². The number of hydrazone groups is 1. The zero-order chi connectivity index (χ0) is 17.8. The van der Waals surface area contributed by atoms with Gasteiger partial charge in [-0.15, -0.1) is 11.3 Å². The standard InChI is InChI=1S/C16H10BrFN4O2S/c17-12-7-15(22(23)24)13(18)6-11(12)8-19-21-16-20-14(9-25-16)10-4-2-1-3-5-10/h1-9H,(H,20,21). The normalized spacial score (nSPS) is 11.0. The van der Waals surface area contributed by atoms with Crippen molar-refractivity contribution in [3.8, 4) is 11.3 Å². The molecule has 0 aliphatic heterocycles. The highest BCUT2D eigenvalue weighted by Crippen LogP contribution is 2.26. The Balaban J connectivity index is 1.73. The molecular weight excluding hydrogens is 411 g/mol. The summed E-state index contributed by atoms with van der Waals surface area (Å²) in [6.45, 7) is 0. The van der Waals surface area contributed by atoms with Crippen molar-refractivity contribution in [3.63, 3.8) is 0 Å². The van der Waals surface area contributed by atoms with E-state index in [1.54, 1.807) is 0 Å². The van der Waals surface area contributed by atoms with Gasteiger partial charge in [0.05, 0.1) is 16.8 Å². The van der Waals surface area contributed by atoms with Gasteiger partial charge in [0, 0.05) is 27.0 Å². The number of hydrogen-bond donors (Lipinski definition) is 1. The maximum Gasteiger partial charge on any atom is 0.305 e. The third-order valence-corrected chi connectivity index (χ3v) is 4.63. The van der Waals surface area contributed by atoms with Crippen LogP contribution in [0.1, 0.15) is 5.56 Å². The minimum absolute atomic E-state index is 0.371. The van der Waals surface area contributed by atoms with Crippen LogP contribution in [0, 0.1) is 15.9 Å². The van der Waals surface area contributed by atoms with Gasteiger partial charge in [-0.05, 0) is 22.0 Å². The van der Waals surface area contributed by atoms with Gasteiger partial charge in [0.25, 0.3) is 0 Å². The molecule has 1 N–H and O–H groups in total. The van der Waals surface area contributed by atoms with Crippen molar-refractivity contribution in [3.05, 3.63) is 73.8 Å². The van der Waals surface area contributed by atoms with Crippen molar-refractivity contribution in [1.82, 2.24) is 4.98 Å². The molecule has 0 radical (unpaired) electrons. The first-order chi connectivity index (χ1) is 12.0. The number of benzene rings is 2. The SMILES string of the molecule is O=[N+]([O-])c1cc(Br)c(C=NNc2nc(-c3ccccc3)cs2)cc1F. The van der Waals surface area contributed by atoms with Gasteiger partial charge in [-0.25, -0.2) is 4.98 Å². The second-order valence-corrected chi connectivity index (χ2v) is 6.57. The van der Waals surface area contributed by atoms with Crippen LogP contribution in [0.2, 0.25) is 0 Å². The van der Waals surface area contributed by atoms with E-state index in [2.05, 4.69) is 31.4 Å². The van der Waals surface area contributed by atoms with Crippen LogP contribution in [0.25, 0.3) is 11.3 Å². The number of hydrogen-bond acceptors (Lipinski definition) is 6. The number of nitrogens with one attached hydrogen (secondary N) is 1. The molecule has 25 heavy (non-hydrogen) atoms. The fourth-order valence-corrected chi connectivity index (χ4v) is 3.12. The quantitative estimate of drug-likeness (QED) is 0.355. The smallest absolute Gasteiger partial charge is 0.258 e. The lowest BCUT2D eigenvalue weighted by atomic mass is 10.2. The molecule has 0 spiro atoms. The Kier molecular flexibility index (Phi) is 5.15. The number of nitro benzene ring substituents is 1. The van der Waals surface area contributed by atoms with Crippen LogP contribution >= 0.6 is 27.3 Å². The lowest BCUT2D eigenvalue weighted by Gasteiger charge is -2.00. The van der Waals surface area contributed by atoms with Gasteiger partial charge in [0.1, 0.15) is 0 Å². The number of nitro groups is 1. The van der Waals surface area contributed by atoms with E-state index in [-0.39, 0.29) is 0 Å². The zero-order valence-corrected chi connectivity index (χ0v) is 14.9. The van der Waals surface area contributed by atoms with Gasteiger partial charge in [-0.1, -0.05) is 30.3 Å². The highest BCUT2D eigenvalue weighted by atomic mass is 79.9. The molecule has 1 heterocycles. The average Bonchev–Trinajstić information content (AvgIpc) is 3.07. The number of anilines is 1. The first-order valence-electron chi connectivity index (χ1n) is 6.98. The molecule has 0 aliphatic rings. The predicted molar refractivity (Wildman–Crippen MR) is 99.5 cm³/mol. The minimum Gasteiger partial charge on any atom is -0.258 e. The molecule has 0 saturated heterocycles. The van der Waals surface area contributed by atoms with E-state index in [1.807, 2.05) is 35.7 Å². The molecular formula is C16H10BrFN4O2S. The van der Waals surface area contributed by atoms with Crippen molar-refractivity contribution in [2.24, 2.45) is 5.10 Å². The van der Waals surface area contributed by atoms with E-state index < -0.39 is 16.4 Å². The summed E-state index contributed by atoms with van der Waals surface area (Å²) in [5.74, 6) is -0.921. The molecule has 1 aromatic heterocycles. The fourth-order valence-electron chi connectivity index (χ4n) is 2.01. The van der Waals surface area contributed by atoms with Gasteiger partial charge < -0.3 is 0 Å². The van der Waals surface area contributed by atoms with Gasteiger partial charge in [0.15, 0.2) is 0 Å². The molecule has 2 aromatic carbocycles. The first-order valence-corrected chi connectivity index (χ1v) is 8.65. The summed E-state index contributed by atoms with van der Waals surface area (Å²) < 4.78 is 14.0. The Morgan fingerprint density at radius 2 is 2.08 bits per heavy atom. The molecule has 0 atom stereocenters. The molecule has 6 nitrogen and oxygen atoms in total. The van der Waals surface area contributed by atoms with Crippen molar-refractivity contribution in [2.75, 3.05) is 5.43 Å². The summed E-state index contributed by atoms with van der Waals surface area (Å²) in [5.41, 5.74) is 4.37. The zero-order valence-electron chi connectivity index (χ0n) is 12.5. The van der Waals surface area contributed by atoms with Crippen LogP contribution in [-0.2, 0) is 0 Å². The topological polar surface area (TPSA) is 80.4 Å². The van der Waals surface area contributed by atoms with Crippen LogP contribution in [0.3, 0.4) is 0 Å². The Morgan fingerprint density at radius 1 is 1.32 bits per heavy atom. The van der Waals surface area contributed by atoms with Crippen LogP contribution in [0.5, 0.6) is 0 Å². The number of aromatic nitrogens is 1. The third kappa shape index (κ3) is 4.06. The first kappa shape index (κ1) is 17.2. The van der Waals surface area contributed by atoms with Crippen molar-refractivity contribution >= 4 is 44.3 Å². The Bertz CT molecular complexity index is 947. The summed E-state index contributed by atoms with van der Waals surface area (Å²) in [5, 5.41) is 17.2. The average molecular weight is 421 g/mol. The summed E-state index contributed by atoms with van der Waals surface area (Å²) in [4.78, 5) is 14.3. The van der Waals surface area contributed by atoms with E-state index in [0.29, 0.717) is 15.2 Å². The molecule has 0 aliphatic carbocycles. The molecule has 0 fully saturated rings. The van der Waals surface area contributed by atoms with Gasteiger partial charge in [-0.3, -0.25) is 15.5 Å². The highest BCUT2D eigenvalue weighted by Gasteiger charge is 2.16. The molecule has 9 heteroatoms. The summed E-state index contributed by atoms with van der Waals surface area (Å²) >= 11 is 4.55. The second-order valence-electron chi connectivity index (χ2n) is 4.86. The van der Waals surface area contributed by atoms with E-state index in [0.717, 1.165) is 23.4 Å². The van der Waals surface area contributed by atoms with Crippen molar-refractivity contribution < 1.29 is 9.31 Å².